The molecular weight excluding hydrogens is 392 g/mol. The van der Waals surface area contributed by atoms with Crippen molar-refractivity contribution < 1.29 is 14.3 Å². The maximum atomic E-state index is 12.4. The summed E-state index contributed by atoms with van der Waals surface area (Å²) in [5.41, 5.74) is 4.47. The van der Waals surface area contributed by atoms with E-state index in [1.165, 1.54) is 18.6 Å². The van der Waals surface area contributed by atoms with E-state index in [4.69, 9.17) is 21.1 Å². The van der Waals surface area contributed by atoms with Gasteiger partial charge in [-0.15, -0.1) is 0 Å². The number of carbonyl (C=O) groups excluding carboxylic acids is 1. The van der Waals surface area contributed by atoms with Crippen LogP contribution in [0.1, 0.15) is 23.0 Å². The number of nitrogens with zero attached hydrogens (tertiary/aromatic N) is 3. The summed E-state index contributed by atoms with van der Waals surface area (Å²) in [6.45, 7) is 2.44. The van der Waals surface area contributed by atoms with Gasteiger partial charge in [0, 0.05) is 5.56 Å². The van der Waals surface area contributed by atoms with Crippen LogP contribution in [0, 0.1) is 0 Å². The van der Waals surface area contributed by atoms with Gasteiger partial charge in [-0.1, -0.05) is 23.7 Å². The third-order valence-corrected chi connectivity index (χ3v) is 4.18. The molecule has 0 unspecified atom stereocenters. The van der Waals surface area contributed by atoms with E-state index in [1.807, 2.05) is 25.1 Å². The summed E-state index contributed by atoms with van der Waals surface area (Å²) in [4.78, 5) is 20.8. The van der Waals surface area contributed by atoms with Crippen LogP contribution in [0.4, 0.5) is 0 Å². The van der Waals surface area contributed by atoms with E-state index in [1.54, 1.807) is 31.4 Å². The lowest BCUT2D eigenvalue weighted by molar-refractivity contribution is 0.0950. The second-order valence-corrected chi connectivity index (χ2v) is 6.25. The lowest BCUT2D eigenvalue weighted by Crippen LogP contribution is -2.19. The van der Waals surface area contributed by atoms with Crippen molar-refractivity contribution in [3.63, 3.8) is 0 Å². The predicted molar refractivity (Wildman–Crippen MR) is 112 cm³/mol. The molecule has 148 valence electrons. The molecule has 0 atom stereocenters. The van der Waals surface area contributed by atoms with Gasteiger partial charge in [0.25, 0.3) is 5.91 Å². The van der Waals surface area contributed by atoms with Crippen molar-refractivity contribution in [3.05, 3.63) is 71.1 Å². The minimum absolute atomic E-state index is 0.121. The zero-order valence-electron chi connectivity index (χ0n) is 15.9. The van der Waals surface area contributed by atoms with Gasteiger partial charge in [0.05, 0.1) is 43.0 Å². The third kappa shape index (κ3) is 5.30. The van der Waals surface area contributed by atoms with Crippen LogP contribution in [-0.4, -0.2) is 35.8 Å². The molecule has 1 aromatic heterocycles. The van der Waals surface area contributed by atoms with Crippen molar-refractivity contribution in [2.24, 2.45) is 5.10 Å². The summed E-state index contributed by atoms with van der Waals surface area (Å²) in [6.07, 6.45) is 4.42. The lowest BCUT2D eigenvalue weighted by Gasteiger charge is -2.08. The van der Waals surface area contributed by atoms with E-state index in [9.17, 15) is 4.79 Å². The first-order valence-electron chi connectivity index (χ1n) is 8.83. The van der Waals surface area contributed by atoms with Crippen LogP contribution < -0.4 is 14.9 Å². The molecule has 0 aliphatic rings. The molecule has 0 saturated carbocycles. The first-order chi connectivity index (χ1) is 14.1. The molecule has 0 bridgehead atoms. The van der Waals surface area contributed by atoms with Gasteiger partial charge < -0.3 is 9.47 Å². The van der Waals surface area contributed by atoms with Crippen LogP contribution in [0.5, 0.6) is 11.5 Å². The van der Waals surface area contributed by atoms with Crippen molar-refractivity contribution in [1.82, 2.24) is 15.4 Å². The van der Waals surface area contributed by atoms with Crippen LogP contribution in [-0.2, 0) is 0 Å². The number of ether oxygens (including phenoxy) is 2. The van der Waals surface area contributed by atoms with Gasteiger partial charge in [-0.25, -0.2) is 10.4 Å². The smallest absolute Gasteiger partial charge is 0.291 e. The summed E-state index contributed by atoms with van der Waals surface area (Å²) < 4.78 is 10.6. The number of amides is 1. The number of carbonyl (C=O) groups is 1. The van der Waals surface area contributed by atoms with Crippen molar-refractivity contribution in [3.8, 4) is 22.8 Å². The van der Waals surface area contributed by atoms with Crippen LogP contribution in [0.25, 0.3) is 11.3 Å². The molecule has 29 heavy (non-hydrogen) atoms. The Morgan fingerprint density at radius 1 is 1.21 bits per heavy atom. The molecule has 0 aliphatic carbocycles. The fourth-order valence-corrected chi connectivity index (χ4v) is 2.78. The molecule has 1 heterocycles. The van der Waals surface area contributed by atoms with Gasteiger partial charge >= 0.3 is 0 Å². The summed E-state index contributed by atoms with van der Waals surface area (Å²) in [7, 11) is 1.58. The molecule has 3 rings (SSSR count). The fraction of sp³-hybridized carbons (Fsp3) is 0.143. The Kier molecular flexibility index (Phi) is 6.76. The monoisotopic (exact) mass is 410 g/mol. The summed E-state index contributed by atoms with van der Waals surface area (Å²) >= 11 is 6.33. The molecule has 3 aromatic rings. The quantitative estimate of drug-likeness (QED) is 0.470. The fourth-order valence-electron chi connectivity index (χ4n) is 2.51. The number of rotatable bonds is 7. The van der Waals surface area contributed by atoms with Gasteiger partial charge in [0.2, 0.25) is 0 Å². The molecule has 0 spiro atoms. The molecule has 0 saturated heterocycles. The van der Waals surface area contributed by atoms with Crippen LogP contribution >= 0.6 is 11.6 Å². The molecule has 1 amide bonds. The van der Waals surface area contributed by atoms with Crippen molar-refractivity contribution in [2.45, 2.75) is 6.92 Å². The van der Waals surface area contributed by atoms with Gasteiger partial charge in [-0.3, -0.25) is 9.78 Å². The Labute approximate surface area is 173 Å². The molecular formula is C21H19ClN4O3. The standard InChI is InChI=1S/C21H19ClN4O3/c1-3-29-16-7-8-17(18(22)10-16)19-12-23-13-20(25-19)21(27)26-24-11-14-5-4-6-15(9-14)28-2/h4-13H,3H2,1-2H3,(H,26,27). The number of aromatic nitrogens is 2. The third-order valence-electron chi connectivity index (χ3n) is 3.87. The first-order valence-corrected chi connectivity index (χ1v) is 9.20. The van der Waals surface area contributed by atoms with Crippen LogP contribution in [0.3, 0.4) is 0 Å². The van der Waals surface area contributed by atoms with E-state index in [0.29, 0.717) is 34.4 Å². The highest BCUT2D eigenvalue weighted by atomic mass is 35.5. The molecule has 0 radical (unpaired) electrons. The predicted octanol–water partition coefficient (Wildman–Crippen LogP) is 3.97. The van der Waals surface area contributed by atoms with Gasteiger partial charge in [-0.2, -0.15) is 5.10 Å². The number of benzene rings is 2. The van der Waals surface area contributed by atoms with E-state index in [2.05, 4.69) is 20.5 Å². The van der Waals surface area contributed by atoms with Crippen LogP contribution in [0.15, 0.2) is 60.0 Å². The Bertz CT molecular complexity index is 1040. The second kappa shape index (κ2) is 9.66. The van der Waals surface area contributed by atoms with E-state index < -0.39 is 5.91 Å². The summed E-state index contributed by atoms with van der Waals surface area (Å²) in [5.74, 6) is 0.876. The Morgan fingerprint density at radius 3 is 2.83 bits per heavy atom. The Balaban J connectivity index is 1.73. The average molecular weight is 411 g/mol. The summed E-state index contributed by atoms with van der Waals surface area (Å²) in [5, 5.41) is 4.41. The van der Waals surface area contributed by atoms with Crippen molar-refractivity contribution in [1.29, 1.82) is 0 Å². The number of hydrogen-bond acceptors (Lipinski definition) is 6. The van der Waals surface area contributed by atoms with Crippen molar-refractivity contribution in [2.75, 3.05) is 13.7 Å². The molecule has 1 N–H and O–H groups in total. The molecule has 7 nitrogen and oxygen atoms in total. The lowest BCUT2D eigenvalue weighted by atomic mass is 10.1. The maximum Gasteiger partial charge on any atom is 0.291 e. The van der Waals surface area contributed by atoms with Gasteiger partial charge in [0.15, 0.2) is 0 Å². The minimum atomic E-state index is -0.486. The van der Waals surface area contributed by atoms with Crippen LogP contribution in [0.2, 0.25) is 5.02 Å². The van der Waals surface area contributed by atoms with E-state index in [-0.39, 0.29) is 5.69 Å². The normalized spacial score (nSPS) is 10.7. The zero-order valence-corrected chi connectivity index (χ0v) is 16.7. The zero-order chi connectivity index (χ0) is 20.6. The number of nitrogens with one attached hydrogen (secondary N) is 1. The topological polar surface area (TPSA) is 85.7 Å². The summed E-state index contributed by atoms with van der Waals surface area (Å²) in [6, 6.07) is 12.6. The maximum absolute atomic E-state index is 12.4. The van der Waals surface area contributed by atoms with Gasteiger partial charge in [-0.05, 0) is 42.8 Å². The Hall–Kier alpha value is -3.45. The molecule has 8 heteroatoms. The number of hydrazone groups is 1. The highest BCUT2D eigenvalue weighted by Crippen LogP contribution is 2.29. The molecule has 0 fully saturated rings. The highest BCUT2D eigenvalue weighted by Gasteiger charge is 2.12. The van der Waals surface area contributed by atoms with Crippen molar-refractivity contribution >= 4 is 23.7 Å². The van der Waals surface area contributed by atoms with E-state index >= 15 is 0 Å². The highest BCUT2D eigenvalue weighted by molar-refractivity contribution is 6.33. The molecule has 2 aromatic carbocycles. The SMILES string of the molecule is CCOc1ccc(-c2cncc(C(=O)NN=Cc3cccc(OC)c3)n2)c(Cl)c1. The average Bonchev–Trinajstić information content (AvgIpc) is 2.74. The van der Waals surface area contributed by atoms with Gasteiger partial charge in [0.1, 0.15) is 17.2 Å². The Morgan fingerprint density at radius 2 is 2.07 bits per heavy atom. The first kappa shape index (κ1) is 20.3. The van der Waals surface area contributed by atoms with E-state index in [0.717, 1.165) is 5.56 Å². The minimum Gasteiger partial charge on any atom is -0.497 e. The number of hydrogen-bond donors (Lipinski definition) is 1. The molecule has 0 aliphatic heterocycles. The number of halogens is 1. The number of methoxy groups -OCH3 is 1. The second-order valence-electron chi connectivity index (χ2n) is 5.84. The largest absolute Gasteiger partial charge is 0.497 e.